The van der Waals surface area contributed by atoms with Gasteiger partial charge in [-0.25, -0.2) is 0 Å². The third-order valence-electron chi connectivity index (χ3n) is 2.82. The van der Waals surface area contributed by atoms with E-state index in [-0.39, 0.29) is 0 Å². The second-order valence-corrected chi connectivity index (χ2v) is 3.76. The van der Waals surface area contributed by atoms with Gasteiger partial charge in [0.25, 0.3) is 0 Å². The third kappa shape index (κ3) is 1.10. The van der Waals surface area contributed by atoms with Gasteiger partial charge in [-0.05, 0) is 13.8 Å². The SMILES string of the molecule is Cc1c2nccnc2c(C)c2nccnc12. The molecule has 3 rings (SSSR count). The first-order valence-electron chi connectivity index (χ1n) is 5.09. The van der Waals surface area contributed by atoms with Crippen LogP contribution in [0.1, 0.15) is 11.1 Å². The Labute approximate surface area is 92.4 Å². The summed E-state index contributed by atoms with van der Waals surface area (Å²) in [6.07, 6.45) is 6.82. The Morgan fingerprint density at radius 1 is 0.562 bits per heavy atom. The van der Waals surface area contributed by atoms with Crippen molar-refractivity contribution in [1.29, 1.82) is 0 Å². The summed E-state index contributed by atoms with van der Waals surface area (Å²) in [7, 11) is 0. The van der Waals surface area contributed by atoms with Gasteiger partial charge in [0.15, 0.2) is 0 Å². The molecular formula is C12H10N4. The lowest BCUT2D eigenvalue weighted by Crippen LogP contribution is -1.95. The van der Waals surface area contributed by atoms with Gasteiger partial charge in [0.05, 0.1) is 22.1 Å². The van der Waals surface area contributed by atoms with Crippen LogP contribution in [0.5, 0.6) is 0 Å². The number of fused-ring (bicyclic) bond motifs is 2. The maximum atomic E-state index is 4.36. The number of aromatic nitrogens is 4. The van der Waals surface area contributed by atoms with Gasteiger partial charge in [-0.15, -0.1) is 0 Å². The van der Waals surface area contributed by atoms with E-state index in [1.807, 2.05) is 13.8 Å². The van der Waals surface area contributed by atoms with Crippen LogP contribution in [-0.4, -0.2) is 19.9 Å². The van der Waals surface area contributed by atoms with E-state index in [1.165, 1.54) is 0 Å². The number of aryl methyl sites for hydroxylation is 2. The quantitative estimate of drug-likeness (QED) is 0.534. The van der Waals surface area contributed by atoms with Gasteiger partial charge in [-0.1, -0.05) is 0 Å². The fraction of sp³-hybridized carbons (Fsp3) is 0.167. The van der Waals surface area contributed by atoms with E-state index in [9.17, 15) is 0 Å². The predicted molar refractivity (Wildman–Crippen MR) is 62.1 cm³/mol. The van der Waals surface area contributed by atoms with Crippen molar-refractivity contribution in [2.24, 2.45) is 0 Å². The molecule has 2 aromatic heterocycles. The van der Waals surface area contributed by atoms with Crippen molar-refractivity contribution in [3.8, 4) is 0 Å². The number of hydrogen-bond donors (Lipinski definition) is 0. The first kappa shape index (κ1) is 9.15. The minimum atomic E-state index is 0.910. The van der Waals surface area contributed by atoms with Crippen LogP contribution in [0.4, 0.5) is 0 Å². The average molecular weight is 210 g/mol. The fourth-order valence-corrected chi connectivity index (χ4v) is 2.00. The predicted octanol–water partition coefficient (Wildman–Crippen LogP) is 2.19. The molecule has 0 N–H and O–H groups in total. The van der Waals surface area contributed by atoms with Crippen molar-refractivity contribution >= 4 is 22.1 Å². The van der Waals surface area contributed by atoms with Gasteiger partial charge < -0.3 is 0 Å². The van der Waals surface area contributed by atoms with E-state index >= 15 is 0 Å². The lowest BCUT2D eigenvalue weighted by molar-refractivity contribution is 1.22. The maximum absolute atomic E-state index is 4.36. The normalized spacial score (nSPS) is 11.1. The zero-order valence-corrected chi connectivity index (χ0v) is 9.10. The Morgan fingerprint density at radius 2 is 0.812 bits per heavy atom. The molecular weight excluding hydrogens is 200 g/mol. The number of rotatable bonds is 0. The molecule has 0 aliphatic heterocycles. The fourth-order valence-electron chi connectivity index (χ4n) is 2.00. The van der Waals surface area contributed by atoms with Gasteiger partial charge in [-0.2, -0.15) is 0 Å². The van der Waals surface area contributed by atoms with Crippen molar-refractivity contribution in [3.63, 3.8) is 0 Å². The van der Waals surface area contributed by atoms with Gasteiger partial charge in [0.1, 0.15) is 0 Å². The van der Waals surface area contributed by atoms with Crippen LogP contribution in [0.15, 0.2) is 24.8 Å². The summed E-state index contributed by atoms with van der Waals surface area (Å²) in [6.45, 7) is 4.01. The Morgan fingerprint density at radius 3 is 1.06 bits per heavy atom. The largest absolute Gasteiger partial charge is 0.253 e. The summed E-state index contributed by atoms with van der Waals surface area (Å²) < 4.78 is 0. The third-order valence-corrected chi connectivity index (χ3v) is 2.82. The molecule has 2 heterocycles. The van der Waals surface area contributed by atoms with Crippen molar-refractivity contribution in [3.05, 3.63) is 35.9 Å². The summed E-state index contributed by atoms with van der Waals surface area (Å²) in [5.74, 6) is 0. The minimum absolute atomic E-state index is 0.910. The zero-order chi connectivity index (χ0) is 11.1. The smallest absolute Gasteiger partial charge is 0.0941 e. The topological polar surface area (TPSA) is 51.6 Å². The van der Waals surface area contributed by atoms with Crippen LogP contribution >= 0.6 is 0 Å². The lowest BCUT2D eigenvalue weighted by Gasteiger charge is -2.07. The molecule has 0 saturated heterocycles. The van der Waals surface area contributed by atoms with Crippen LogP contribution in [0.3, 0.4) is 0 Å². The van der Waals surface area contributed by atoms with Crippen molar-refractivity contribution in [2.45, 2.75) is 13.8 Å². The summed E-state index contributed by atoms with van der Waals surface area (Å²) >= 11 is 0. The molecule has 0 bridgehead atoms. The van der Waals surface area contributed by atoms with E-state index in [0.717, 1.165) is 33.2 Å². The first-order valence-corrected chi connectivity index (χ1v) is 5.09. The molecule has 3 aromatic rings. The van der Waals surface area contributed by atoms with Crippen LogP contribution in [-0.2, 0) is 0 Å². The molecule has 4 nitrogen and oxygen atoms in total. The monoisotopic (exact) mass is 210 g/mol. The Balaban J connectivity index is 2.67. The number of benzene rings is 1. The molecule has 0 spiro atoms. The average Bonchev–Trinajstić information content (AvgIpc) is 2.36. The summed E-state index contributed by atoms with van der Waals surface area (Å²) in [5, 5.41) is 0. The van der Waals surface area contributed by atoms with Crippen LogP contribution in [0.2, 0.25) is 0 Å². The molecule has 78 valence electrons. The highest BCUT2D eigenvalue weighted by Gasteiger charge is 2.11. The highest BCUT2D eigenvalue weighted by Crippen LogP contribution is 2.26. The van der Waals surface area contributed by atoms with Gasteiger partial charge in [-0.3, -0.25) is 19.9 Å². The van der Waals surface area contributed by atoms with Crippen molar-refractivity contribution < 1.29 is 0 Å². The van der Waals surface area contributed by atoms with E-state index in [1.54, 1.807) is 24.8 Å². The van der Waals surface area contributed by atoms with E-state index in [2.05, 4.69) is 19.9 Å². The molecule has 0 radical (unpaired) electrons. The van der Waals surface area contributed by atoms with Gasteiger partial charge >= 0.3 is 0 Å². The maximum Gasteiger partial charge on any atom is 0.0941 e. The van der Waals surface area contributed by atoms with Crippen molar-refractivity contribution in [1.82, 2.24) is 19.9 Å². The van der Waals surface area contributed by atoms with Gasteiger partial charge in [0.2, 0.25) is 0 Å². The first-order chi connectivity index (χ1) is 7.79. The molecule has 0 amide bonds. The van der Waals surface area contributed by atoms with Crippen molar-refractivity contribution in [2.75, 3.05) is 0 Å². The molecule has 0 aliphatic carbocycles. The Hall–Kier alpha value is -2.10. The molecule has 0 aliphatic rings. The molecule has 0 saturated carbocycles. The molecule has 0 unspecified atom stereocenters. The van der Waals surface area contributed by atoms with Gasteiger partial charge in [0, 0.05) is 35.9 Å². The second-order valence-electron chi connectivity index (χ2n) is 3.76. The van der Waals surface area contributed by atoms with Crippen LogP contribution in [0, 0.1) is 13.8 Å². The standard InChI is InChI=1S/C12H10N4/c1-7-9-11(15-5-3-13-9)8(2)12-10(7)14-4-6-16-12/h3-6H,1-2H3. The molecule has 1 aromatic carbocycles. The summed E-state index contributed by atoms with van der Waals surface area (Å²) in [6, 6.07) is 0. The molecule has 0 fully saturated rings. The Kier molecular flexibility index (Phi) is 1.83. The molecule has 0 atom stereocenters. The lowest BCUT2D eigenvalue weighted by atomic mass is 10.1. The van der Waals surface area contributed by atoms with E-state index in [0.29, 0.717) is 0 Å². The van der Waals surface area contributed by atoms with E-state index in [4.69, 9.17) is 0 Å². The highest BCUT2D eigenvalue weighted by molar-refractivity contribution is 5.98. The molecule has 4 heteroatoms. The van der Waals surface area contributed by atoms with Crippen LogP contribution in [0.25, 0.3) is 22.1 Å². The number of hydrogen-bond acceptors (Lipinski definition) is 4. The summed E-state index contributed by atoms with van der Waals surface area (Å²) in [5.41, 5.74) is 5.72. The molecule has 16 heavy (non-hydrogen) atoms. The number of nitrogens with zero attached hydrogens (tertiary/aromatic N) is 4. The minimum Gasteiger partial charge on any atom is -0.253 e. The van der Waals surface area contributed by atoms with E-state index < -0.39 is 0 Å². The Bertz CT molecular complexity index is 574. The second kappa shape index (κ2) is 3.20. The highest BCUT2D eigenvalue weighted by atomic mass is 14.8. The zero-order valence-electron chi connectivity index (χ0n) is 9.10. The van der Waals surface area contributed by atoms with Crippen LogP contribution < -0.4 is 0 Å². The summed E-state index contributed by atoms with van der Waals surface area (Å²) in [4.78, 5) is 17.4.